The molecule has 2 aliphatic carbocycles. The average molecular weight is 225 g/mol. The predicted molar refractivity (Wildman–Crippen MR) is 71.9 cm³/mol. The van der Waals surface area contributed by atoms with E-state index < -0.39 is 0 Å². The van der Waals surface area contributed by atoms with Crippen LogP contribution < -0.4 is 0 Å². The lowest BCUT2D eigenvalue weighted by atomic mass is 10.1. The van der Waals surface area contributed by atoms with Crippen molar-refractivity contribution in [2.75, 3.05) is 7.05 Å². The van der Waals surface area contributed by atoms with Crippen LogP contribution in [-0.4, -0.2) is 18.0 Å². The van der Waals surface area contributed by atoms with Crippen LogP contribution in [0.4, 0.5) is 0 Å². The van der Waals surface area contributed by atoms with E-state index in [0.29, 0.717) is 6.04 Å². The second kappa shape index (κ2) is 4.40. The fraction of sp³-hybridized carbons (Fsp3) is 0.375. The molecule has 0 unspecified atom stereocenters. The van der Waals surface area contributed by atoms with Crippen LogP contribution in [0.1, 0.15) is 24.0 Å². The Hall–Kier alpha value is -1.50. The Morgan fingerprint density at radius 3 is 2.41 bits per heavy atom. The molecule has 1 aromatic rings. The average Bonchev–Trinajstić information content (AvgIpc) is 2.82. The molecule has 3 rings (SSSR count). The van der Waals surface area contributed by atoms with Crippen molar-refractivity contribution < 1.29 is 0 Å². The van der Waals surface area contributed by atoms with Gasteiger partial charge in [-0.15, -0.1) is 0 Å². The minimum atomic E-state index is 0.658. The Morgan fingerprint density at radius 2 is 1.82 bits per heavy atom. The summed E-state index contributed by atoms with van der Waals surface area (Å²) in [5.74, 6) is 0. The Morgan fingerprint density at radius 1 is 1.12 bits per heavy atom. The second-order valence-electron chi connectivity index (χ2n) is 5.07. The molecule has 17 heavy (non-hydrogen) atoms. The fourth-order valence-electron chi connectivity index (χ4n) is 2.93. The SMILES string of the molecule is CN(C1=CC=CCC1)C1Cc2ccccc2C1. The normalized spacial score (nSPS) is 19.0. The summed E-state index contributed by atoms with van der Waals surface area (Å²) in [6.45, 7) is 0. The zero-order valence-corrected chi connectivity index (χ0v) is 10.4. The van der Waals surface area contributed by atoms with E-state index >= 15 is 0 Å². The van der Waals surface area contributed by atoms with Crippen molar-refractivity contribution in [2.24, 2.45) is 0 Å². The van der Waals surface area contributed by atoms with E-state index in [0.717, 1.165) is 0 Å². The standard InChI is InChI=1S/C16H19N/c1-17(15-9-3-2-4-10-15)16-11-13-7-5-6-8-14(13)12-16/h2-3,5-9,16H,4,10-12H2,1H3. The van der Waals surface area contributed by atoms with Crippen molar-refractivity contribution in [3.8, 4) is 0 Å². The first kappa shape index (κ1) is 10.6. The third-order valence-electron chi connectivity index (χ3n) is 4.02. The third-order valence-corrected chi connectivity index (χ3v) is 4.02. The van der Waals surface area contributed by atoms with Crippen LogP contribution in [0.15, 0.2) is 48.2 Å². The summed E-state index contributed by atoms with van der Waals surface area (Å²) in [7, 11) is 2.25. The van der Waals surface area contributed by atoms with E-state index in [4.69, 9.17) is 0 Å². The van der Waals surface area contributed by atoms with Crippen molar-refractivity contribution in [2.45, 2.75) is 31.7 Å². The maximum atomic E-state index is 2.49. The molecule has 1 aromatic carbocycles. The maximum Gasteiger partial charge on any atom is 0.0364 e. The van der Waals surface area contributed by atoms with E-state index in [2.05, 4.69) is 54.4 Å². The van der Waals surface area contributed by atoms with Crippen molar-refractivity contribution in [3.05, 3.63) is 59.3 Å². The smallest absolute Gasteiger partial charge is 0.0364 e. The summed E-state index contributed by atoms with van der Waals surface area (Å²) in [5.41, 5.74) is 4.57. The molecular formula is C16H19N. The summed E-state index contributed by atoms with van der Waals surface area (Å²) in [4.78, 5) is 2.49. The lowest BCUT2D eigenvalue weighted by Gasteiger charge is -2.30. The molecule has 1 heteroatoms. The van der Waals surface area contributed by atoms with E-state index in [1.165, 1.54) is 42.5 Å². The van der Waals surface area contributed by atoms with Crippen LogP contribution in [-0.2, 0) is 12.8 Å². The predicted octanol–water partition coefficient (Wildman–Crippen LogP) is 3.32. The van der Waals surface area contributed by atoms with Crippen molar-refractivity contribution in [1.82, 2.24) is 4.90 Å². The molecule has 0 aliphatic heterocycles. The van der Waals surface area contributed by atoms with Gasteiger partial charge in [-0.25, -0.2) is 0 Å². The van der Waals surface area contributed by atoms with Gasteiger partial charge in [-0.1, -0.05) is 36.4 Å². The summed E-state index contributed by atoms with van der Waals surface area (Å²) < 4.78 is 0. The Labute approximate surface area is 103 Å². The Balaban J connectivity index is 1.76. The molecule has 0 atom stereocenters. The maximum absolute atomic E-state index is 2.49. The first-order valence-corrected chi connectivity index (χ1v) is 6.50. The molecule has 0 spiro atoms. The summed E-state index contributed by atoms with van der Waals surface area (Å²) in [5, 5.41) is 0. The highest BCUT2D eigenvalue weighted by atomic mass is 15.1. The molecule has 0 saturated carbocycles. The van der Waals surface area contributed by atoms with Crippen LogP contribution in [0.25, 0.3) is 0 Å². The topological polar surface area (TPSA) is 3.24 Å². The van der Waals surface area contributed by atoms with Crippen molar-refractivity contribution in [3.63, 3.8) is 0 Å². The molecule has 0 N–H and O–H groups in total. The van der Waals surface area contributed by atoms with Gasteiger partial charge in [0.25, 0.3) is 0 Å². The minimum absolute atomic E-state index is 0.658. The van der Waals surface area contributed by atoms with Gasteiger partial charge in [-0.2, -0.15) is 0 Å². The number of hydrogen-bond donors (Lipinski definition) is 0. The summed E-state index contributed by atoms with van der Waals surface area (Å²) >= 11 is 0. The van der Waals surface area contributed by atoms with Crippen LogP contribution in [0, 0.1) is 0 Å². The molecule has 0 radical (unpaired) electrons. The number of likely N-dealkylation sites (N-methyl/N-ethyl adjacent to an activating group) is 1. The molecule has 2 aliphatic rings. The van der Waals surface area contributed by atoms with Gasteiger partial charge in [-0.05, 0) is 42.9 Å². The van der Waals surface area contributed by atoms with E-state index in [1.807, 2.05) is 0 Å². The number of allylic oxidation sites excluding steroid dienone is 4. The highest BCUT2D eigenvalue weighted by molar-refractivity contribution is 5.34. The van der Waals surface area contributed by atoms with Gasteiger partial charge in [0.15, 0.2) is 0 Å². The molecule has 0 bridgehead atoms. The van der Waals surface area contributed by atoms with Gasteiger partial charge in [0, 0.05) is 18.8 Å². The van der Waals surface area contributed by atoms with E-state index in [-0.39, 0.29) is 0 Å². The molecular weight excluding hydrogens is 206 g/mol. The molecule has 0 fully saturated rings. The fourth-order valence-corrected chi connectivity index (χ4v) is 2.93. The Bertz CT molecular complexity index is 445. The molecule has 0 amide bonds. The third kappa shape index (κ3) is 2.02. The summed E-state index contributed by atoms with van der Waals surface area (Å²) in [6.07, 6.45) is 11.5. The van der Waals surface area contributed by atoms with Crippen molar-refractivity contribution >= 4 is 0 Å². The monoisotopic (exact) mass is 225 g/mol. The second-order valence-corrected chi connectivity index (χ2v) is 5.07. The number of hydrogen-bond acceptors (Lipinski definition) is 1. The highest BCUT2D eigenvalue weighted by Gasteiger charge is 2.25. The highest BCUT2D eigenvalue weighted by Crippen LogP contribution is 2.28. The molecule has 0 saturated heterocycles. The number of benzene rings is 1. The zero-order chi connectivity index (χ0) is 11.7. The Kier molecular flexibility index (Phi) is 2.76. The minimum Gasteiger partial charge on any atom is -0.374 e. The van der Waals surface area contributed by atoms with Crippen LogP contribution in [0.3, 0.4) is 0 Å². The van der Waals surface area contributed by atoms with Crippen molar-refractivity contribution in [1.29, 1.82) is 0 Å². The molecule has 0 heterocycles. The number of fused-ring (bicyclic) bond motifs is 1. The van der Waals surface area contributed by atoms with Crippen LogP contribution in [0.2, 0.25) is 0 Å². The van der Waals surface area contributed by atoms with Gasteiger partial charge >= 0.3 is 0 Å². The molecule has 1 nitrogen and oxygen atoms in total. The first-order valence-electron chi connectivity index (χ1n) is 6.50. The van der Waals surface area contributed by atoms with Gasteiger partial charge in [0.2, 0.25) is 0 Å². The lowest BCUT2D eigenvalue weighted by Crippen LogP contribution is -2.31. The largest absolute Gasteiger partial charge is 0.374 e. The summed E-state index contributed by atoms with van der Waals surface area (Å²) in [6, 6.07) is 9.52. The van der Waals surface area contributed by atoms with E-state index in [1.54, 1.807) is 0 Å². The van der Waals surface area contributed by atoms with Crippen LogP contribution >= 0.6 is 0 Å². The number of rotatable bonds is 2. The number of nitrogens with zero attached hydrogens (tertiary/aromatic N) is 1. The molecule has 88 valence electrons. The first-order chi connectivity index (χ1) is 8.34. The van der Waals surface area contributed by atoms with Gasteiger partial charge in [0.05, 0.1) is 0 Å². The van der Waals surface area contributed by atoms with Gasteiger partial charge < -0.3 is 4.90 Å². The quantitative estimate of drug-likeness (QED) is 0.746. The van der Waals surface area contributed by atoms with E-state index in [9.17, 15) is 0 Å². The van der Waals surface area contributed by atoms with Gasteiger partial charge in [-0.3, -0.25) is 0 Å². The molecule has 0 aromatic heterocycles. The lowest BCUT2D eigenvalue weighted by molar-refractivity contribution is 0.302. The van der Waals surface area contributed by atoms with Gasteiger partial charge in [0.1, 0.15) is 0 Å². The zero-order valence-electron chi connectivity index (χ0n) is 10.4. The van der Waals surface area contributed by atoms with Crippen LogP contribution in [0.5, 0.6) is 0 Å².